The van der Waals surface area contributed by atoms with Crippen LogP contribution in [0.4, 0.5) is 0 Å². The van der Waals surface area contributed by atoms with Crippen LogP contribution in [-0.4, -0.2) is 11.8 Å². The Balaban J connectivity index is 1.94. The molecule has 1 fully saturated rings. The fourth-order valence-electron chi connectivity index (χ4n) is 2.19. The zero-order valence-electron chi connectivity index (χ0n) is 8.03. The van der Waals surface area contributed by atoms with Crippen molar-refractivity contribution in [3.63, 3.8) is 0 Å². The zero-order valence-corrected chi connectivity index (χ0v) is 8.03. The third kappa shape index (κ3) is 1.66. The highest BCUT2D eigenvalue weighted by molar-refractivity contribution is 4.89. The fourth-order valence-corrected chi connectivity index (χ4v) is 2.19. The van der Waals surface area contributed by atoms with Crippen LogP contribution in [0.1, 0.15) is 32.6 Å². The van der Waals surface area contributed by atoms with E-state index in [0.29, 0.717) is 12.0 Å². The van der Waals surface area contributed by atoms with Gasteiger partial charge in [-0.05, 0) is 25.7 Å². The Labute approximate surface area is 78.9 Å². The molecule has 0 spiro atoms. The molecule has 2 aliphatic rings. The smallest absolute Gasteiger partial charge is 0.249 e. The van der Waals surface area contributed by atoms with Crippen LogP contribution in [-0.2, 0) is 9.47 Å². The first-order chi connectivity index (χ1) is 6.21. The zero-order chi connectivity index (χ0) is 9.31. The molecule has 74 valence electrons. The molecule has 0 amide bonds. The molecule has 1 aliphatic carbocycles. The minimum atomic E-state index is -0.417. The van der Waals surface area contributed by atoms with E-state index in [4.69, 9.17) is 15.2 Å². The lowest BCUT2D eigenvalue weighted by molar-refractivity contribution is -0.174. The van der Waals surface area contributed by atoms with Crippen LogP contribution in [0.2, 0.25) is 0 Å². The Morgan fingerprint density at radius 2 is 1.69 bits per heavy atom. The Hall–Kier alpha value is -0.700. The van der Waals surface area contributed by atoms with Crippen LogP contribution in [0.25, 0.3) is 0 Å². The third-order valence-corrected chi connectivity index (χ3v) is 3.17. The Morgan fingerprint density at radius 3 is 2.23 bits per heavy atom. The number of ether oxygens (including phenoxy) is 2. The largest absolute Gasteiger partial charge is 0.457 e. The molecule has 13 heavy (non-hydrogen) atoms. The van der Waals surface area contributed by atoms with Crippen LogP contribution in [0.15, 0.2) is 12.5 Å². The van der Waals surface area contributed by atoms with Gasteiger partial charge in [0.2, 0.25) is 5.79 Å². The second-order valence-corrected chi connectivity index (χ2v) is 4.14. The minimum Gasteiger partial charge on any atom is -0.457 e. The number of hydrogen-bond donors (Lipinski definition) is 1. The van der Waals surface area contributed by atoms with E-state index in [1.54, 1.807) is 12.5 Å². The van der Waals surface area contributed by atoms with Crippen molar-refractivity contribution in [2.45, 2.75) is 44.4 Å². The normalized spacial score (nSPS) is 36.8. The summed E-state index contributed by atoms with van der Waals surface area (Å²) in [5, 5.41) is 0. The van der Waals surface area contributed by atoms with Crippen molar-refractivity contribution in [1.82, 2.24) is 0 Å². The monoisotopic (exact) mass is 183 g/mol. The molecule has 0 aromatic heterocycles. The first kappa shape index (κ1) is 8.88. The first-order valence-corrected chi connectivity index (χ1v) is 4.97. The maximum atomic E-state index is 5.84. The van der Waals surface area contributed by atoms with Gasteiger partial charge in [-0.3, -0.25) is 0 Å². The molecule has 0 aromatic rings. The molecule has 2 rings (SSSR count). The van der Waals surface area contributed by atoms with Gasteiger partial charge in [0.1, 0.15) is 12.5 Å². The van der Waals surface area contributed by atoms with Gasteiger partial charge in [0, 0.05) is 18.9 Å². The van der Waals surface area contributed by atoms with E-state index in [9.17, 15) is 0 Å². The maximum Gasteiger partial charge on any atom is 0.249 e. The summed E-state index contributed by atoms with van der Waals surface area (Å²) < 4.78 is 10.9. The van der Waals surface area contributed by atoms with Gasteiger partial charge in [0.25, 0.3) is 0 Å². The average Bonchev–Trinajstić information content (AvgIpc) is 2.54. The number of rotatable bonds is 1. The average molecular weight is 183 g/mol. The standard InChI is InChI=1S/C10H17NO2/c1-10(12-6-7-13-10)8-2-4-9(11)5-3-8/h6-9H,2-5,11H2,1H3. The molecule has 0 unspecified atom stereocenters. The molecule has 0 bridgehead atoms. The van der Waals surface area contributed by atoms with Crippen LogP contribution < -0.4 is 5.73 Å². The van der Waals surface area contributed by atoms with Crippen molar-refractivity contribution in [2.75, 3.05) is 0 Å². The summed E-state index contributed by atoms with van der Waals surface area (Å²) in [6.07, 6.45) is 7.67. The van der Waals surface area contributed by atoms with Crippen molar-refractivity contribution >= 4 is 0 Å². The van der Waals surface area contributed by atoms with Crippen molar-refractivity contribution in [2.24, 2.45) is 11.7 Å². The quantitative estimate of drug-likeness (QED) is 0.673. The third-order valence-electron chi connectivity index (χ3n) is 3.17. The fraction of sp³-hybridized carbons (Fsp3) is 0.800. The van der Waals surface area contributed by atoms with Gasteiger partial charge >= 0.3 is 0 Å². The van der Waals surface area contributed by atoms with Gasteiger partial charge in [-0.1, -0.05) is 0 Å². The second-order valence-electron chi connectivity index (χ2n) is 4.14. The van der Waals surface area contributed by atoms with Gasteiger partial charge in [0.15, 0.2) is 0 Å². The topological polar surface area (TPSA) is 44.5 Å². The molecule has 0 atom stereocenters. The van der Waals surface area contributed by atoms with E-state index < -0.39 is 5.79 Å². The van der Waals surface area contributed by atoms with E-state index in [0.717, 1.165) is 25.7 Å². The van der Waals surface area contributed by atoms with Crippen molar-refractivity contribution in [1.29, 1.82) is 0 Å². The summed E-state index contributed by atoms with van der Waals surface area (Å²) in [6, 6.07) is 0.384. The molecule has 3 heteroatoms. The van der Waals surface area contributed by atoms with E-state index >= 15 is 0 Å². The first-order valence-electron chi connectivity index (χ1n) is 4.97. The van der Waals surface area contributed by atoms with Gasteiger partial charge in [-0.2, -0.15) is 0 Å². The molecular weight excluding hydrogens is 166 g/mol. The Kier molecular flexibility index (Phi) is 2.20. The molecule has 1 heterocycles. The summed E-state index contributed by atoms with van der Waals surface area (Å²) in [7, 11) is 0. The molecule has 1 saturated carbocycles. The summed E-state index contributed by atoms with van der Waals surface area (Å²) in [4.78, 5) is 0. The van der Waals surface area contributed by atoms with Gasteiger partial charge in [0.05, 0.1) is 0 Å². The lowest BCUT2D eigenvalue weighted by Crippen LogP contribution is -2.40. The summed E-state index contributed by atoms with van der Waals surface area (Å²) in [5.74, 6) is 0.0717. The number of hydrogen-bond acceptors (Lipinski definition) is 3. The predicted octanol–water partition coefficient (Wildman–Crippen LogP) is 1.74. The van der Waals surface area contributed by atoms with E-state index in [1.807, 2.05) is 6.92 Å². The van der Waals surface area contributed by atoms with Gasteiger partial charge < -0.3 is 15.2 Å². The summed E-state index contributed by atoms with van der Waals surface area (Å²) in [5.41, 5.74) is 5.84. The molecule has 0 radical (unpaired) electrons. The van der Waals surface area contributed by atoms with Crippen LogP contribution in [0.5, 0.6) is 0 Å². The molecule has 0 saturated heterocycles. The lowest BCUT2D eigenvalue weighted by Gasteiger charge is -2.36. The van der Waals surface area contributed by atoms with E-state index in [2.05, 4.69) is 0 Å². The maximum absolute atomic E-state index is 5.84. The highest BCUT2D eigenvalue weighted by Gasteiger charge is 2.40. The van der Waals surface area contributed by atoms with Crippen molar-refractivity contribution < 1.29 is 9.47 Å². The molecular formula is C10H17NO2. The second kappa shape index (κ2) is 3.22. The molecule has 3 nitrogen and oxygen atoms in total. The van der Waals surface area contributed by atoms with E-state index in [-0.39, 0.29) is 0 Å². The summed E-state index contributed by atoms with van der Waals surface area (Å²) >= 11 is 0. The van der Waals surface area contributed by atoms with Crippen LogP contribution >= 0.6 is 0 Å². The van der Waals surface area contributed by atoms with Gasteiger partial charge in [-0.25, -0.2) is 0 Å². The minimum absolute atomic E-state index is 0.384. The molecule has 2 N–H and O–H groups in total. The predicted molar refractivity (Wildman–Crippen MR) is 49.6 cm³/mol. The lowest BCUT2D eigenvalue weighted by atomic mass is 9.81. The molecule has 1 aliphatic heterocycles. The van der Waals surface area contributed by atoms with Crippen LogP contribution in [0, 0.1) is 5.92 Å². The van der Waals surface area contributed by atoms with Crippen LogP contribution in [0.3, 0.4) is 0 Å². The Morgan fingerprint density at radius 1 is 1.15 bits per heavy atom. The highest BCUT2D eigenvalue weighted by atomic mass is 16.7. The van der Waals surface area contributed by atoms with Crippen molar-refractivity contribution in [3.8, 4) is 0 Å². The SMILES string of the molecule is CC1(C2CCC(N)CC2)OC=CO1. The highest BCUT2D eigenvalue weighted by Crippen LogP contribution is 2.37. The van der Waals surface area contributed by atoms with E-state index in [1.165, 1.54) is 0 Å². The summed E-state index contributed by atoms with van der Waals surface area (Å²) in [6.45, 7) is 2.01. The number of nitrogens with two attached hydrogens (primary N) is 1. The molecule has 0 aromatic carbocycles. The van der Waals surface area contributed by atoms with Crippen molar-refractivity contribution in [3.05, 3.63) is 12.5 Å². The Bertz CT molecular complexity index is 199. The van der Waals surface area contributed by atoms with Gasteiger partial charge in [-0.15, -0.1) is 0 Å².